The van der Waals surface area contributed by atoms with Crippen molar-refractivity contribution >= 4 is 28.9 Å². The van der Waals surface area contributed by atoms with E-state index in [1.54, 1.807) is 13.8 Å². The van der Waals surface area contributed by atoms with Crippen LogP contribution >= 0.6 is 11.6 Å². The summed E-state index contributed by atoms with van der Waals surface area (Å²) in [6.45, 7) is 3.59. The molecule has 0 fully saturated rings. The summed E-state index contributed by atoms with van der Waals surface area (Å²) in [7, 11) is 0. The van der Waals surface area contributed by atoms with Gasteiger partial charge in [-0.2, -0.15) is 0 Å². The molecule has 30 heavy (non-hydrogen) atoms. The molecule has 0 spiro atoms. The van der Waals surface area contributed by atoms with Crippen molar-refractivity contribution in [2.45, 2.75) is 20.5 Å². The molecule has 156 valence electrons. The number of ether oxygens (including phenoxy) is 1. The number of aryl methyl sites for hydroxylation is 1. The number of rotatable bonds is 7. The van der Waals surface area contributed by atoms with Gasteiger partial charge in [0.15, 0.2) is 0 Å². The minimum Gasteiger partial charge on any atom is -0.462 e. The van der Waals surface area contributed by atoms with Gasteiger partial charge in [-0.15, -0.1) is 4.73 Å². The van der Waals surface area contributed by atoms with Gasteiger partial charge in [0.05, 0.1) is 18.5 Å². The van der Waals surface area contributed by atoms with E-state index in [2.05, 4.69) is 5.32 Å². The molecule has 0 radical (unpaired) electrons. The van der Waals surface area contributed by atoms with E-state index in [9.17, 15) is 14.0 Å². The van der Waals surface area contributed by atoms with E-state index in [1.807, 2.05) is 30.3 Å². The van der Waals surface area contributed by atoms with Gasteiger partial charge >= 0.3 is 11.5 Å². The third-order valence-electron chi connectivity index (χ3n) is 4.28. The lowest BCUT2D eigenvalue weighted by atomic mass is 10.1. The van der Waals surface area contributed by atoms with Crippen molar-refractivity contribution < 1.29 is 18.8 Å². The predicted molar refractivity (Wildman–Crippen MR) is 113 cm³/mol. The van der Waals surface area contributed by atoms with Crippen molar-refractivity contribution in [2.75, 3.05) is 11.9 Å². The Hall–Kier alpha value is -3.32. The number of carbonyl (C=O) groups excluding carboxylic acids is 1. The number of benzene rings is 2. The average Bonchev–Trinajstić information content (AvgIpc) is 2.73. The summed E-state index contributed by atoms with van der Waals surface area (Å²) in [5.41, 5.74) is 1.33. The largest absolute Gasteiger partial charge is 0.462 e. The van der Waals surface area contributed by atoms with Crippen molar-refractivity contribution in [1.29, 1.82) is 0 Å². The van der Waals surface area contributed by atoms with Crippen LogP contribution in [0.15, 0.2) is 59.5 Å². The lowest BCUT2D eigenvalue weighted by molar-refractivity contribution is 0.0514. The summed E-state index contributed by atoms with van der Waals surface area (Å²) in [4.78, 5) is 30.8. The number of pyridine rings is 1. The summed E-state index contributed by atoms with van der Waals surface area (Å²) in [5, 5.41) is 2.70. The highest BCUT2D eigenvalue weighted by Gasteiger charge is 2.22. The first-order valence-corrected chi connectivity index (χ1v) is 9.61. The van der Waals surface area contributed by atoms with E-state index < -0.39 is 17.3 Å². The molecule has 0 aliphatic heterocycles. The normalized spacial score (nSPS) is 10.5. The van der Waals surface area contributed by atoms with Crippen LogP contribution in [0.2, 0.25) is 5.02 Å². The molecule has 3 aromatic rings. The second-order valence-corrected chi connectivity index (χ2v) is 6.80. The van der Waals surface area contributed by atoms with Crippen molar-refractivity contribution in [3.8, 4) is 0 Å². The molecule has 0 unspecified atom stereocenters. The van der Waals surface area contributed by atoms with E-state index in [1.165, 1.54) is 24.4 Å². The summed E-state index contributed by atoms with van der Waals surface area (Å²) in [6, 6.07) is 13.3. The zero-order valence-corrected chi connectivity index (χ0v) is 17.2. The van der Waals surface area contributed by atoms with Crippen LogP contribution in [0, 0.1) is 12.7 Å². The van der Waals surface area contributed by atoms with Gasteiger partial charge in [0.2, 0.25) is 0 Å². The molecular formula is C22H20ClFN2O4. The summed E-state index contributed by atoms with van der Waals surface area (Å²) < 4.78 is 19.4. The van der Waals surface area contributed by atoms with Gasteiger partial charge in [-0.1, -0.05) is 41.9 Å². The van der Waals surface area contributed by atoms with Crippen molar-refractivity contribution in [1.82, 2.24) is 4.73 Å². The Balaban J connectivity index is 2.01. The number of anilines is 2. The van der Waals surface area contributed by atoms with Crippen LogP contribution in [0.1, 0.15) is 28.4 Å². The molecular weight excluding hydrogens is 411 g/mol. The second-order valence-electron chi connectivity index (χ2n) is 6.43. The minimum atomic E-state index is -0.682. The Morgan fingerprint density at radius 2 is 1.93 bits per heavy atom. The van der Waals surface area contributed by atoms with Crippen LogP contribution < -0.4 is 15.7 Å². The minimum absolute atomic E-state index is 0.0123. The number of aromatic nitrogens is 1. The fraction of sp³-hybridized carbons (Fsp3) is 0.182. The highest BCUT2D eigenvalue weighted by atomic mass is 35.5. The van der Waals surface area contributed by atoms with Crippen LogP contribution in [-0.2, 0) is 11.3 Å². The number of nitrogens with zero attached hydrogens (tertiary/aromatic N) is 1. The Labute approximate surface area is 177 Å². The predicted octanol–water partition coefficient (Wildman–Crippen LogP) is 4.50. The van der Waals surface area contributed by atoms with Gasteiger partial charge in [-0.05, 0) is 43.2 Å². The molecule has 1 N–H and O–H groups in total. The maximum Gasteiger partial charge on any atom is 0.341 e. The Kier molecular flexibility index (Phi) is 6.74. The molecule has 1 aromatic heterocycles. The van der Waals surface area contributed by atoms with Gasteiger partial charge in [-0.3, -0.25) is 4.79 Å². The van der Waals surface area contributed by atoms with Crippen LogP contribution in [-0.4, -0.2) is 17.3 Å². The molecule has 8 heteroatoms. The SMILES string of the molecule is CCOC(=O)c1cn(OCc2ccccc2)c(=O)c(Cl)c1Nc1ccc(F)cc1C. The number of hydrogen-bond acceptors (Lipinski definition) is 5. The first-order valence-electron chi connectivity index (χ1n) is 9.23. The smallest absolute Gasteiger partial charge is 0.341 e. The van der Waals surface area contributed by atoms with Gasteiger partial charge in [0, 0.05) is 5.69 Å². The monoisotopic (exact) mass is 430 g/mol. The molecule has 0 aliphatic rings. The van der Waals surface area contributed by atoms with Crippen LogP contribution in [0.5, 0.6) is 0 Å². The number of esters is 1. The third kappa shape index (κ3) is 4.80. The highest BCUT2D eigenvalue weighted by molar-refractivity contribution is 6.34. The average molecular weight is 431 g/mol. The number of hydrogen-bond donors (Lipinski definition) is 1. The van der Waals surface area contributed by atoms with E-state index >= 15 is 0 Å². The standard InChI is InChI=1S/C22H20ClFN2O4/c1-3-29-22(28)17-12-26(30-13-15-7-5-4-6-8-15)21(27)19(23)20(17)25-18-10-9-16(24)11-14(18)2/h4-12,25H,3,13H2,1-2H3. The van der Waals surface area contributed by atoms with Crippen molar-refractivity contribution in [3.05, 3.63) is 92.6 Å². The Bertz CT molecular complexity index is 1120. The van der Waals surface area contributed by atoms with Crippen molar-refractivity contribution in [3.63, 3.8) is 0 Å². The van der Waals surface area contributed by atoms with E-state index in [0.29, 0.717) is 11.3 Å². The molecule has 0 amide bonds. The molecule has 3 rings (SSSR count). The van der Waals surface area contributed by atoms with Gasteiger partial charge in [0.1, 0.15) is 23.0 Å². The van der Waals surface area contributed by atoms with Crippen LogP contribution in [0.25, 0.3) is 0 Å². The van der Waals surface area contributed by atoms with Gasteiger partial charge < -0.3 is 14.9 Å². The summed E-state index contributed by atoms with van der Waals surface area (Å²) in [5.74, 6) is -1.08. The quantitative estimate of drug-likeness (QED) is 0.559. The number of nitrogens with one attached hydrogen (secondary N) is 1. The van der Waals surface area contributed by atoms with E-state index in [4.69, 9.17) is 21.2 Å². The number of halogens is 2. The zero-order valence-electron chi connectivity index (χ0n) is 16.4. The summed E-state index contributed by atoms with van der Waals surface area (Å²) >= 11 is 6.31. The first-order chi connectivity index (χ1) is 14.4. The second kappa shape index (κ2) is 9.45. The molecule has 0 atom stereocenters. The molecule has 0 bridgehead atoms. The number of carbonyl (C=O) groups is 1. The van der Waals surface area contributed by atoms with Gasteiger partial charge in [0.25, 0.3) is 0 Å². The maximum absolute atomic E-state index is 13.4. The van der Waals surface area contributed by atoms with E-state index in [-0.39, 0.29) is 29.5 Å². The molecule has 0 aliphatic carbocycles. The summed E-state index contributed by atoms with van der Waals surface area (Å²) in [6.07, 6.45) is 1.23. The Morgan fingerprint density at radius 1 is 1.20 bits per heavy atom. The lowest BCUT2D eigenvalue weighted by Gasteiger charge is -2.17. The molecule has 0 saturated heterocycles. The van der Waals surface area contributed by atoms with E-state index in [0.717, 1.165) is 10.3 Å². The lowest BCUT2D eigenvalue weighted by Crippen LogP contribution is -2.29. The molecule has 1 heterocycles. The fourth-order valence-corrected chi connectivity index (χ4v) is 3.00. The van der Waals surface area contributed by atoms with Crippen molar-refractivity contribution in [2.24, 2.45) is 0 Å². The zero-order chi connectivity index (χ0) is 21.7. The highest BCUT2D eigenvalue weighted by Crippen LogP contribution is 2.29. The molecule has 0 saturated carbocycles. The maximum atomic E-state index is 13.4. The topological polar surface area (TPSA) is 69.6 Å². The fourth-order valence-electron chi connectivity index (χ4n) is 2.76. The van der Waals surface area contributed by atoms with Gasteiger partial charge in [-0.25, -0.2) is 9.18 Å². The van der Waals surface area contributed by atoms with Crippen LogP contribution in [0.3, 0.4) is 0 Å². The third-order valence-corrected chi connectivity index (χ3v) is 4.63. The molecule has 6 nitrogen and oxygen atoms in total. The Morgan fingerprint density at radius 3 is 2.60 bits per heavy atom. The molecule has 2 aromatic carbocycles. The van der Waals surface area contributed by atoms with Crippen LogP contribution in [0.4, 0.5) is 15.8 Å². The first kappa shape index (κ1) is 21.4.